The van der Waals surface area contributed by atoms with E-state index in [1.54, 1.807) is 0 Å². The number of carbonyl (C=O) groups excluding carboxylic acids is 4. The molecule has 2 aliphatic heterocycles. The average molecular weight is 1040 g/mol. The quantitative estimate of drug-likeness (QED) is 0.0444. The second-order valence-electron chi connectivity index (χ2n) is 19.8. The maximum atomic E-state index is 15.4. The summed E-state index contributed by atoms with van der Waals surface area (Å²) in [5.41, 5.74) is -8.25. The number of imide groups is 2. The van der Waals surface area contributed by atoms with Gasteiger partial charge in [-0.1, -0.05) is 78.4 Å². The molecule has 2 aliphatic rings. The molecule has 0 saturated heterocycles. The van der Waals surface area contributed by atoms with E-state index in [4.69, 9.17) is 0 Å². The Kier molecular flexibility index (Phi) is 13.1. The summed E-state index contributed by atoms with van der Waals surface area (Å²) in [5.74, 6) is -7.52. The molecule has 388 valence electrons. The first-order chi connectivity index (χ1) is 34.7. The van der Waals surface area contributed by atoms with Crippen LogP contribution in [-0.4, -0.2) is 46.5 Å². The second-order valence-corrected chi connectivity index (χ2v) is 19.8. The van der Waals surface area contributed by atoms with Crippen LogP contribution in [0.5, 0.6) is 0 Å². The van der Waals surface area contributed by atoms with Gasteiger partial charge in [-0.2, -0.15) is 39.5 Å². The number of halogens is 11. The van der Waals surface area contributed by atoms with Gasteiger partial charge in [0, 0.05) is 58.6 Å². The third-order valence-corrected chi connectivity index (χ3v) is 15.0. The molecule has 0 aromatic heterocycles. The van der Waals surface area contributed by atoms with E-state index in [0.29, 0.717) is 56.9 Å². The number of hydrogen-bond donors (Lipinski definition) is 0. The van der Waals surface area contributed by atoms with Gasteiger partial charge in [0.05, 0.1) is 16.7 Å². The minimum Gasteiger partial charge on any atom is -0.274 e. The highest BCUT2D eigenvalue weighted by Gasteiger charge is 2.42. The lowest BCUT2D eigenvalue weighted by Crippen LogP contribution is -2.43. The number of hydrogen-bond acceptors (Lipinski definition) is 4. The zero-order valence-corrected chi connectivity index (χ0v) is 40.8. The van der Waals surface area contributed by atoms with Crippen molar-refractivity contribution in [2.24, 2.45) is 11.8 Å². The first-order valence-corrected chi connectivity index (χ1v) is 24.6. The van der Waals surface area contributed by atoms with Crippen molar-refractivity contribution in [1.82, 2.24) is 9.80 Å². The predicted octanol–water partition coefficient (Wildman–Crippen LogP) is 16.9. The van der Waals surface area contributed by atoms with Gasteiger partial charge in [-0.15, -0.1) is 0 Å². The summed E-state index contributed by atoms with van der Waals surface area (Å²) in [6.07, 6.45) is -10.4. The first kappa shape index (κ1) is 52.2. The Morgan fingerprint density at radius 3 is 1.07 bits per heavy atom. The van der Waals surface area contributed by atoms with Crippen LogP contribution in [-0.2, 0) is 24.5 Å². The van der Waals surface area contributed by atoms with Gasteiger partial charge in [-0.25, -0.2) is 8.78 Å². The van der Waals surface area contributed by atoms with Crippen LogP contribution in [0.3, 0.4) is 0 Å². The van der Waals surface area contributed by atoms with Gasteiger partial charge in [0.15, 0.2) is 0 Å². The van der Waals surface area contributed by atoms with Crippen molar-refractivity contribution in [1.29, 1.82) is 0 Å². The fraction of sp³-hybridized carbons (Fsp3) is 0.368. The molecule has 0 fully saturated rings. The van der Waals surface area contributed by atoms with Gasteiger partial charge >= 0.3 is 18.5 Å². The number of rotatable bonds is 15. The van der Waals surface area contributed by atoms with E-state index >= 15 is 8.78 Å². The van der Waals surface area contributed by atoms with Crippen LogP contribution in [0, 0.1) is 11.8 Å². The summed E-state index contributed by atoms with van der Waals surface area (Å²) in [5, 5.41) is -0.459. The van der Waals surface area contributed by atoms with Crippen LogP contribution in [0.1, 0.15) is 150 Å². The molecule has 0 aliphatic carbocycles. The summed E-state index contributed by atoms with van der Waals surface area (Å²) in [6.45, 7) is 7.95. The monoisotopic (exact) mass is 1030 g/mol. The van der Waals surface area contributed by atoms with Crippen LogP contribution < -0.4 is 0 Å². The van der Waals surface area contributed by atoms with Crippen molar-refractivity contribution in [3.8, 4) is 22.3 Å². The van der Waals surface area contributed by atoms with E-state index in [1.807, 2.05) is 27.7 Å². The predicted molar refractivity (Wildman–Crippen MR) is 260 cm³/mol. The molecule has 9 rings (SSSR count). The molecule has 7 aromatic carbocycles. The zero-order chi connectivity index (χ0) is 53.7. The molecule has 17 heteroatoms. The highest BCUT2D eigenvalue weighted by atomic mass is 19.4. The Labute approximate surface area is 417 Å². The van der Waals surface area contributed by atoms with Gasteiger partial charge in [0.25, 0.3) is 29.6 Å². The van der Waals surface area contributed by atoms with Crippen molar-refractivity contribution < 1.29 is 67.5 Å². The Morgan fingerprint density at radius 1 is 0.405 bits per heavy atom. The van der Waals surface area contributed by atoms with E-state index < -0.39 is 81.5 Å². The van der Waals surface area contributed by atoms with Gasteiger partial charge in [0.1, 0.15) is 0 Å². The van der Waals surface area contributed by atoms with Crippen LogP contribution in [0.2, 0.25) is 0 Å². The molecule has 6 nitrogen and oxygen atoms in total. The van der Waals surface area contributed by atoms with E-state index in [-0.39, 0.29) is 107 Å². The molecule has 2 atom stereocenters. The normalized spacial score (nSPS) is 15.5. The third kappa shape index (κ3) is 8.80. The summed E-state index contributed by atoms with van der Waals surface area (Å²) >= 11 is 0. The van der Waals surface area contributed by atoms with Crippen molar-refractivity contribution in [3.05, 3.63) is 117 Å². The molecular formula is C57H49F11N2O4. The minimum absolute atomic E-state index is 0.0188. The fourth-order valence-corrected chi connectivity index (χ4v) is 11.0. The largest absolute Gasteiger partial charge is 0.416 e. The van der Waals surface area contributed by atoms with Gasteiger partial charge in [0.2, 0.25) is 0 Å². The van der Waals surface area contributed by atoms with E-state index in [1.165, 1.54) is 30.3 Å². The van der Waals surface area contributed by atoms with E-state index in [9.17, 15) is 58.7 Å². The van der Waals surface area contributed by atoms with Crippen LogP contribution in [0.4, 0.5) is 48.3 Å². The topological polar surface area (TPSA) is 74.8 Å². The molecular weight excluding hydrogens is 986 g/mol. The molecule has 0 bridgehead atoms. The average Bonchev–Trinajstić information content (AvgIpc) is 3.34. The SMILES string of the molecule is CCCCC(CC)CN1C(=O)c2ccc3c4c(-c5cc(C(F)(F)F)cc(C(F)(F)F)c5)cc5c6c(ccc(c7c(-c8cc(C(C)(F)F)cc(C(F)(F)F)c8)cc(c2c37)C1=O)c64)C(=O)N(CC(CC)CCCC)C5=O. The standard InChI is InChI=1S/C57H49F11N2O4/c1-6-10-12-28(8-3)26-69-50(71)38-17-15-37-45-41(31-20-34(56(63,64)65)23-35(21-31)57(66,67)68)25-43-47-39(51(72)70(53(43)74)27-29(9-4)13-11-7-2)16-14-36(49(45)47)44-40(24-42(52(69)73)46(38)48(37)44)30-18-32(54(5,58)59)22-33(19-30)55(60,61)62/h14-25,28-29H,6-13,26-27H2,1-5H3. The maximum Gasteiger partial charge on any atom is 0.416 e. The maximum absolute atomic E-state index is 15.4. The number of benzene rings is 7. The Bertz CT molecular complexity index is 3170. The molecule has 0 N–H and O–H groups in total. The number of unbranched alkanes of at least 4 members (excludes halogenated alkanes) is 2. The lowest BCUT2D eigenvalue weighted by atomic mass is 9.77. The van der Waals surface area contributed by atoms with Crippen LogP contribution >= 0.6 is 0 Å². The molecule has 2 unspecified atom stereocenters. The molecule has 0 saturated carbocycles. The molecule has 2 heterocycles. The minimum atomic E-state index is -5.33. The van der Waals surface area contributed by atoms with Crippen molar-refractivity contribution in [3.63, 3.8) is 0 Å². The van der Waals surface area contributed by atoms with Crippen molar-refractivity contribution >= 4 is 66.7 Å². The summed E-state index contributed by atoms with van der Waals surface area (Å²) in [4.78, 5) is 61.4. The lowest BCUT2D eigenvalue weighted by molar-refractivity contribution is -0.143. The van der Waals surface area contributed by atoms with E-state index in [0.717, 1.165) is 47.6 Å². The summed E-state index contributed by atoms with van der Waals surface area (Å²) in [6, 6.07) is 10.5. The van der Waals surface area contributed by atoms with Crippen LogP contribution in [0.25, 0.3) is 65.3 Å². The Morgan fingerprint density at radius 2 is 0.743 bits per heavy atom. The number of carbonyl (C=O) groups is 4. The molecule has 74 heavy (non-hydrogen) atoms. The number of alkyl halides is 11. The van der Waals surface area contributed by atoms with Gasteiger partial charge in [-0.05, 0) is 140 Å². The lowest BCUT2D eigenvalue weighted by Gasteiger charge is -2.33. The Hall–Kier alpha value is -6.65. The Balaban J connectivity index is 1.49. The smallest absolute Gasteiger partial charge is 0.274 e. The van der Waals surface area contributed by atoms with Gasteiger partial charge in [-0.3, -0.25) is 29.0 Å². The number of nitrogens with zero attached hydrogens (tertiary/aromatic N) is 2. The molecule has 7 aromatic rings. The molecule has 4 amide bonds. The highest BCUT2D eigenvalue weighted by Crippen LogP contribution is 2.53. The summed E-state index contributed by atoms with van der Waals surface area (Å²) in [7, 11) is 0. The van der Waals surface area contributed by atoms with E-state index in [2.05, 4.69) is 0 Å². The van der Waals surface area contributed by atoms with Crippen molar-refractivity contribution in [2.45, 2.75) is 110 Å². The summed E-state index contributed by atoms with van der Waals surface area (Å²) < 4.78 is 163. The third-order valence-electron chi connectivity index (χ3n) is 15.0. The fourth-order valence-electron chi connectivity index (χ4n) is 11.0. The van der Waals surface area contributed by atoms with Crippen molar-refractivity contribution in [2.75, 3.05) is 13.1 Å². The first-order valence-electron chi connectivity index (χ1n) is 24.6. The zero-order valence-electron chi connectivity index (χ0n) is 40.8. The number of amides is 4. The molecule has 0 radical (unpaired) electrons. The van der Waals surface area contributed by atoms with Crippen LogP contribution in [0.15, 0.2) is 72.8 Å². The highest BCUT2D eigenvalue weighted by molar-refractivity contribution is 6.44. The second kappa shape index (κ2) is 18.6. The molecule has 0 spiro atoms. The number of fused-ring (bicyclic) bond motifs is 2. The van der Waals surface area contributed by atoms with Gasteiger partial charge < -0.3 is 0 Å².